The summed E-state index contributed by atoms with van der Waals surface area (Å²) in [5, 5.41) is 7.88. The Kier molecular flexibility index (Phi) is 4.59. The van der Waals surface area contributed by atoms with E-state index in [4.69, 9.17) is 5.14 Å². The molecule has 3 N–H and O–H groups in total. The summed E-state index contributed by atoms with van der Waals surface area (Å²) < 4.78 is 22.3. The molecule has 0 aliphatic heterocycles. The molecule has 1 heterocycles. The minimum Gasteiger partial charge on any atom is -0.356 e. The van der Waals surface area contributed by atoms with Gasteiger partial charge in [0, 0.05) is 11.4 Å². The molecule has 0 radical (unpaired) electrons. The molecular formula is C12H18N2O3S2. The third kappa shape index (κ3) is 4.29. The van der Waals surface area contributed by atoms with Crippen molar-refractivity contribution in [2.45, 2.75) is 36.3 Å². The van der Waals surface area contributed by atoms with Crippen LogP contribution in [0.15, 0.2) is 16.3 Å². The highest BCUT2D eigenvalue weighted by atomic mass is 32.2. The van der Waals surface area contributed by atoms with Crippen molar-refractivity contribution in [3.63, 3.8) is 0 Å². The van der Waals surface area contributed by atoms with Crippen molar-refractivity contribution >= 4 is 27.3 Å². The number of rotatable bonds is 6. The van der Waals surface area contributed by atoms with E-state index in [1.165, 1.54) is 25.3 Å². The number of carbonyl (C=O) groups excluding carboxylic acids is 1. The van der Waals surface area contributed by atoms with E-state index in [2.05, 4.69) is 5.32 Å². The molecule has 1 aliphatic carbocycles. The van der Waals surface area contributed by atoms with Crippen LogP contribution in [-0.4, -0.2) is 20.9 Å². The van der Waals surface area contributed by atoms with Crippen LogP contribution < -0.4 is 10.5 Å². The molecule has 2 rings (SSSR count). The maximum Gasteiger partial charge on any atom is 0.247 e. The minimum atomic E-state index is -3.65. The highest BCUT2D eigenvalue weighted by molar-refractivity contribution is 7.91. The summed E-state index contributed by atoms with van der Waals surface area (Å²) >= 11 is 1.05. The molecule has 106 valence electrons. The predicted octanol–water partition coefficient (Wildman–Crippen LogP) is 1.24. The Hall–Kier alpha value is -0.920. The molecular weight excluding hydrogens is 284 g/mol. The quantitative estimate of drug-likeness (QED) is 0.828. The number of hydrogen-bond donors (Lipinski definition) is 2. The second-order valence-electron chi connectivity index (χ2n) is 4.88. The van der Waals surface area contributed by atoms with E-state index in [-0.39, 0.29) is 16.5 Å². The van der Waals surface area contributed by atoms with Gasteiger partial charge in [-0.05, 0) is 24.5 Å². The number of amides is 1. The zero-order chi connectivity index (χ0) is 13.9. The van der Waals surface area contributed by atoms with E-state index in [1.54, 1.807) is 6.07 Å². The van der Waals surface area contributed by atoms with Gasteiger partial charge in [-0.3, -0.25) is 4.79 Å². The molecule has 1 saturated carbocycles. The van der Waals surface area contributed by atoms with Crippen LogP contribution in [0.5, 0.6) is 0 Å². The Labute approximate surface area is 117 Å². The minimum absolute atomic E-state index is 0.0675. The molecule has 1 aromatic heterocycles. The van der Waals surface area contributed by atoms with Crippen LogP contribution in [0.25, 0.3) is 0 Å². The molecule has 0 spiro atoms. The lowest BCUT2D eigenvalue weighted by atomic mass is 9.83. The number of thiophene rings is 1. The summed E-state index contributed by atoms with van der Waals surface area (Å²) in [6, 6.07) is 3.08. The van der Waals surface area contributed by atoms with E-state index >= 15 is 0 Å². The van der Waals surface area contributed by atoms with Crippen LogP contribution in [-0.2, 0) is 21.2 Å². The second-order valence-corrected chi connectivity index (χ2v) is 7.83. The lowest BCUT2D eigenvalue weighted by Crippen LogP contribution is -2.28. The summed E-state index contributed by atoms with van der Waals surface area (Å²) in [7, 11) is -3.65. The molecule has 19 heavy (non-hydrogen) atoms. The molecule has 0 unspecified atom stereocenters. The number of nitrogens with one attached hydrogen (secondary N) is 1. The first-order valence-electron chi connectivity index (χ1n) is 6.33. The number of nitrogens with two attached hydrogens (primary N) is 1. The van der Waals surface area contributed by atoms with E-state index in [0.29, 0.717) is 11.4 Å². The summed E-state index contributed by atoms with van der Waals surface area (Å²) in [6.07, 6.45) is 5.12. The first-order valence-corrected chi connectivity index (χ1v) is 8.69. The lowest BCUT2D eigenvalue weighted by Gasteiger charge is -2.25. The Balaban J connectivity index is 1.76. The van der Waals surface area contributed by atoms with Gasteiger partial charge in [-0.15, -0.1) is 11.3 Å². The van der Waals surface area contributed by atoms with Crippen LogP contribution in [0.2, 0.25) is 0 Å². The van der Waals surface area contributed by atoms with Crippen LogP contribution in [0.1, 0.15) is 30.6 Å². The third-order valence-electron chi connectivity index (χ3n) is 3.35. The zero-order valence-corrected chi connectivity index (χ0v) is 12.2. The molecule has 7 heteroatoms. The first kappa shape index (κ1) is 14.5. The summed E-state index contributed by atoms with van der Waals surface area (Å²) in [6.45, 7) is 0.705. The van der Waals surface area contributed by atoms with E-state index in [9.17, 15) is 13.2 Å². The fourth-order valence-electron chi connectivity index (χ4n) is 2.02. The van der Waals surface area contributed by atoms with Crippen LogP contribution in [0.4, 0.5) is 0 Å². The van der Waals surface area contributed by atoms with Gasteiger partial charge in [-0.1, -0.05) is 19.3 Å². The molecule has 1 aromatic rings. The molecule has 0 aromatic carbocycles. The van der Waals surface area contributed by atoms with Gasteiger partial charge in [-0.2, -0.15) is 0 Å². The molecule has 0 atom stereocenters. The zero-order valence-electron chi connectivity index (χ0n) is 10.6. The Morgan fingerprint density at radius 1 is 1.42 bits per heavy atom. The third-order valence-corrected chi connectivity index (χ3v) is 5.88. The van der Waals surface area contributed by atoms with Gasteiger partial charge in [0.05, 0.1) is 6.42 Å². The number of sulfonamides is 1. The van der Waals surface area contributed by atoms with Gasteiger partial charge in [0.25, 0.3) is 0 Å². The summed E-state index contributed by atoms with van der Waals surface area (Å²) in [4.78, 5) is 12.4. The van der Waals surface area contributed by atoms with Gasteiger partial charge < -0.3 is 5.32 Å². The van der Waals surface area contributed by atoms with Crippen molar-refractivity contribution in [3.05, 3.63) is 17.0 Å². The maximum atomic E-state index is 11.7. The smallest absolute Gasteiger partial charge is 0.247 e. The van der Waals surface area contributed by atoms with Crippen molar-refractivity contribution in [1.29, 1.82) is 0 Å². The van der Waals surface area contributed by atoms with Gasteiger partial charge in [0.2, 0.25) is 15.9 Å². The van der Waals surface area contributed by atoms with Gasteiger partial charge in [-0.25, -0.2) is 13.6 Å². The molecule has 0 bridgehead atoms. The molecule has 5 nitrogen and oxygen atoms in total. The number of carbonyl (C=O) groups is 1. The van der Waals surface area contributed by atoms with E-state index in [1.807, 2.05) is 0 Å². The van der Waals surface area contributed by atoms with Crippen molar-refractivity contribution in [3.8, 4) is 0 Å². The second kappa shape index (κ2) is 6.02. The van der Waals surface area contributed by atoms with Crippen LogP contribution in [0.3, 0.4) is 0 Å². The topological polar surface area (TPSA) is 89.3 Å². The van der Waals surface area contributed by atoms with E-state index in [0.717, 1.165) is 23.7 Å². The first-order chi connectivity index (χ1) is 8.95. The highest BCUT2D eigenvalue weighted by Crippen LogP contribution is 2.28. The SMILES string of the molecule is NS(=O)(=O)c1ccc(CC(=O)NCCC2CCC2)s1. The highest BCUT2D eigenvalue weighted by Gasteiger charge is 2.17. The van der Waals surface area contributed by atoms with Crippen molar-refractivity contribution in [2.75, 3.05) is 6.54 Å². The fourth-order valence-corrected chi connectivity index (χ4v) is 3.80. The normalized spacial score (nSPS) is 16.1. The maximum absolute atomic E-state index is 11.7. The standard InChI is InChI=1S/C12H18N2O3S2/c13-19(16,17)12-5-4-10(18-12)8-11(15)14-7-6-9-2-1-3-9/h4-5,9H,1-3,6-8H2,(H,14,15)(H2,13,16,17). The summed E-state index contributed by atoms with van der Waals surface area (Å²) in [5.74, 6) is 0.707. The van der Waals surface area contributed by atoms with Crippen LogP contribution in [0, 0.1) is 5.92 Å². The molecule has 1 fully saturated rings. The van der Waals surface area contributed by atoms with Gasteiger partial charge in [0.15, 0.2) is 0 Å². The Bertz CT molecular complexity index is 547. The van der Waals surface area contributed by atoms with Crippen molar-refractivity contribution in [2.24, 2.45) is 11.1 Å². The lowest BCUT2D eigenvalue weighted by molar-refractivity contribution is -0.120. The van der Waals surface area contributed by atoms with E-state index < -0.39 is 10.0 Å². The van der Waals surface area contributed by atoms with Crippen molar-refractivity contribution in [1.82, 2.24) is 5.32 Å². The summed E-state index contributed by atoms with van der Waals surface area (Å²) in [5.41, 5.74) is 0. The molecule has 1 amide bonds. The Morgan fingerprint density at radius 3 is 2.68 bits per heavy atom. The molecule has 1 aliphatic rings. The molecule has 0 saturated heterocycles. The van der Waals surface area contributed by atoms with Crippen molar-refractivity contribution < 1.29 is 13.2 Å². The largest absolute Gasteiger partial charge is 0.356 e. The van der Waals surface area contributed by atoms with Gasteiger partial charge in [0.1, 0.15) is 4.21 Å². The average Bonchev–Trinajstić information content (AvgIpc) is 2.69. The predicted molar refractivity (Wildman–Crippen MR) is 74.4 cm³/mol. The Morgan fingerprint density at radius 2 is 2.16 bits per heavy atom. The van der Waals surface area contributed by atoms with Crippen LogP contribution >= 0.6 is 11.3 Å². The fraction of sp³-hybridized carbons (Fsp3) is 0.583. The average molecular weight is 302 g/mol. The number of hydrogen-bond acceptors (Lipinski definition) is 4. The monoisotopic (exact) mass is 302 g/mol. The number of primary sulfonamides is 1. The van der Waals surface area contributed by atoms with Gasteiger partial charge >= 0.3 is 0 Å².